The third-order valence-electron chi connectivity index (χ3n) is 11.3. The zero-order chi connectivity index (χ0) is 42.8. The van der Waals surface area contributed by atoms with Crippen molar-refractivity contribution in [2.45, 2.75) is 220 Å². The lowest BCUT2D eigenvalue weighted by Crippen LogP contribution is -2.37. The highest BCUT2D eigenvalue weighted by atomic mass is 16.5. The lowest BCUT2D eigenvalue weighted by atomic mass is 10.1. The number of benzene rings is 1. The summed E-state index contributed by atoms with van der Waals surface area (Å²) in [6.45, 7) is 13.4. The first-order valence-electron chi connectivity index (χ1n) is 25.5. The molecule has 1 aromatic rings. The summed E-state index contributed by atoms with van der Waals surface area (Å²) in [6.07, 6.45) is 39.3. The fourth-order valence-electron chi connectivity index (χ4n) is 7.35. The molecule has 0 aliphatic rings. The summed E-state index contributed by atoms with van der Waals surface area (Å²) < 4.78 is 38.3. The molecule has 0 atom stereocenters. The first-order valence-corrected chi connectivity index (χ1v) is 25.5. The quantitative estimate of drug-likeness (QED) is 0.0482. The second kappa shape index (κ2) is 41.8. The average Bonchev–Trinajstić information content (AvgIpc) is 3.21. The smallest absolute Gasteiger partial charge is 0.203 e. The molecule has 0 bridgehead atoms. The summed E-state index contributed by atoms with van der Waals surface area (Å²) >= 11 is 0. The fraction of sp³-hybridized carbons (Fsp3) is 0.885. The third-order valence-corrected chi connectivity index (χ3v) is 11.3. The van der Waals surface area contributed by atoms with Crippen molar-refractivity contribution in [2.75, 3.05) is 80.5 Å². The molecule has 0 unspecified atom stereocenters. The van der Waals surface area contributed by atoms with E-state index >= 15 is 0 Å². The van der Waals surface area contributed by atoms with Crippen LogP contribution in [0.1, 0.15) is 219 Å². The summed E-state index contributed by atoms with van der Waals surface area (Å²) in [7, 11) is 6.54. The topological polar surface area (TPSA) is 55.4 Å². The van der Waals surface area contributed by atoms with Gasteiger partial charge in [0.05, 0.1) is 80.6 Å². The van der Waals surface area contributed by atoms with Crippen molar-refractivity contribution < 1.29 is 32.9 Å². The van der Waals surface area contributed by atoms with Crippen LogP contribution in [-0.4, -0.2) is 85.0 Å². The maximum atomic E-state index is 6.59. The van der Waals surface area contributed by atoms with Gasteiger partial charge in [0.1, 0.15) is 6.54 Å². The van der Waals surface area contributed by atoms with Gasteiger partial charge in [-0.05, 0) is 37.0 Å². The van der Waals surface area contributed by atoms with Gasteiger partial charge in [0.2, 0.25) is 5.75 Å². The van der Waals surface area contributed by atoms with Gasteiger partial charge in [-0.2, -0.15) is 0 Å². The predicted molar refractivity (Wildman–Crippen MR) is 253 cm³/mol. The summed E-state index contributed by atoms with van der Waals surface area (Å²) in [6, 6.07) is 4.25. The maximum Gasteiger partial charge on any atom is 0.203 e. The molecule has 0 fully saturated rings. The van der Waals surface area contributed by atoms with Crippen molar-refractivity contribution in [3.8, 4) is 17.2 Å². The van der Waals surface area contributed by atoms with Crippen LogP contribution in [0.4, 0.5) is 0 Å². The minimum absolute atomic E-state index is 0.477. The third kappa shape index (κ3) is 36.8. The lowest BCUT2D eigenvalue weighted by molar-refractivity contribution is -0.870. The lowest BCUT2D eigenvalue weighted by Gasteiger charge is -2.23. The average molecular weight is 835 g/mol. The van der Waals surface area contributed by atoms with E-state index in [1.807, 2.05) is 0 Å². The van der Waals surface area contributed by atoms with E-state index in [0.29, 0.717) is 52.9 Å². The van der Waals surface area contributed by atoms with Gasteiger partial charge in [0.25, 0.3) is 0 Å². The highest BCUT2D eigenvalue weighted by Gasteiger charge is 2.17. The number of nitrogens with zero attached hydrogens (tertiary/aromatic N) is 1. The Morgan fingerprint density at radius 2 is 0.644 bits per heavy atom. The molecular formula is C52H100NO6+. The van der Waals surface area contributed by atoms with Crippen LogP contribution in [0.2, 0.25) is 0 Å². The van der Waals surface area contributed by atoms with Gasteiger partial charge in [-0.25, -0.2) is 0 Å². The number of ether oxygens (including phenoxy) is 6. The normalized spacial score (nSPS) is 11.8. The van der Waals surface area contributed by atoms with Crippen LogP contribution in [0.25, 0.3) is 0 Å². The van der Waals surface area contributed by atoms with Crippen LogP contribution in [-0.2, 0) is 20.8 Å². The zero-order valence-electron chi connectivity index (χ0n) is 40.3. The van der Waals surface area contributed by atoms with E-state index in [0.717, 1.165) is 59.7 Å². The molecule has 7 heteroatoms. The van der Waals surface area contributed by atoms with Crippen molar-refractivity contribution in [3.05, 3.63) is 17.7 Å². The Morgan fingerprint density at radius 1 is 0.339 bits per heavy atom. The van der Waals surface area contributed by atoms with Crippen LogP contribution in [0.5, 0.6) is 17.2 Å². The van der Waals surface area contributed by atoms with E-state index in [2.05, 4.69) is 54.0 Å². The number of rotatable bonds is 47. The van der Waals surface area contributed by atoms with Crippen LogP contribution < -0.4 is 14.2 Å². The Bertz CT molecular complexity index is 966. The number of hydrogen-bond acceptors (Lipinski definition) is 6. The molecule has 0 aromatic heterocycles. The van der Waals surface area contributed by atoms with Gasteiger partial charge in [-0.1, -0.05) is 194 Å². The molecule has 7 nitrogen and oxygen atoms in total. The number of hydrogen-bond donors (Lipinski definition) is 0. The van der Waals surface area contributed by atoms with Crippen LogP contribution >= 0.6 is 0 Å². The standard InChI is InChI=1S/C52H100NO6/c1-7-10-13-16-19-22-25-28-31-34-38-57-50-46-49(48-56-45-44-55-43-42-54-41-37-53(4,5)6)47-51(58-39-35-32-29-26-23-20-17-14-11-8-2)52(50)59-40-36-33-30-27-24-21-18-15-12-9-3/h46-47H,7-45,48H2,1-6H3/q+1. The molecule has 0 aliphatic heterocycles. The Labute approximate surface area is 367 Å². The van der Waals surface area contributed by atoms with Crippen molar-refractivity contribution in [1.29, 1.82) is 0 Å². The zero-order valence-corrected chi connectivity index (χ0v) is 40.3. The van der Waals surface area contributed by atoms with E-state index in [9.17, 15) is 0 Å². The first kappa shape index (κ1) is 55.5. The molecule has 59 heavy (non-hydrogen) atoms. The van der Waals surface area contributed by atoms with Crippen molar-refractivity contribution in [2.24, 2.45) is 0 Å². The molecule has 1 aromatic carbocycles. The van der Waals surface area contributed by atoms with Gasteiger partial charge in [0.15, 0.2) is 11.5 Å². The second-order valence-electron chi connectivity index (χ2n) is 18.3. The van der Waals surface area contributed by atoms with Crippen molar-refractivity contribution in [1.82, 2.24) is 0 Å². The molecule has 0 heterocycles. The summed E-state index contributed by atoms with van der Waals surface area (Å²) in [4.78, 5) is 0. The Kier molecular flexibility index (Phi) is 39.3. The minimum Gasteiger partial charge on any atom is -0.490 e. The van der Waals surface area contributed by atoms with E-state index in [-0.39, 0.29) is 0 Å². The molecule has 0 N–H and O–H groups in total. The summed E-state index contributed by atoms with van der Waals surface area (Å²) in [5.41, 5.74) is 1.05. The Hall–Kier alpha value is -1.54. The molecular weight excluding hydrogens is 735 g/mol. The van der Waals surface area contributed by atoms with Crippen molar-refractivity contribution in [3.63, 3.8) is 0 Å². The molecule has 0 aliphatic carbocycles. The molecule has 0 radical (unpaired) electrons. The molecule has 0 amide bonds. The van der Waals surface area contributed by atoms with Gasteiger partial charge in [-0.15, -0.1) is 0 Å². The fourth-order valence-corrected chi connectivity index (χ4v) is 7.35. The van der Waals surface area contributed by atoms with E-state index in [4.69, 9.17) is 28.4 Å². The second-order valence-corrected chi connectivity index (χ2v) is 18.3. The molecule has 348 valence electrons. The number of quaternary nitrogens is 1. The monoisotopic (exact) mass is 835 g/mol. The van der Waals surface area contributed by atoms with Crippen LogP contribution in [0.3, 0.4) is 0 Å². The highest BCUT2D eigenvalue weighted by Crippen LogP contribution is 2.40. The van der Waals surface area contributed by atoms with E-state index in [1.165, 1.54) is 173 Å². The van der Waals surface area contributed by atoms with E-state index < -0.39 is 0 Å². The Balaban J connectivity index is 2.80. The maximum absolute atomic E-state index is 6.59. The number of unbranched alkanes of at least 4 members (excludes halogenated alkanes) is 27. The molecule has 0 saturated carbocycles. The van der Waals surface area contributed by atoms with Gasteiger partial charge in [0, 0.05) is 0 Å². The van der Waals surface area contributed by atoms with Crippen LogP contribution in [0.15, 0.2) is 12.1 Å². The first-order chi connectivity index (χ1) is 28.9. The largest absolute Gasteiger partial charge is 0.490 e. The van der Waals surface area contributed by atoms with E-state index in [1.54, 1.807) is 0 Å². The van der Waals surface area contributed by atoms with Crippen molar-refractivity contribution >= 4 is 0 Å². The predicted octanol–water partition coefficient (Wildman–Crippen LogP) is 14.8. The van der Waals surface area contributed by atoms with Gasteiger partial charge >= 0.3 is 0 Å². The summed E-state index contributed by atoms with van der Waals surface area (Å²) in [5.74, 6) is 2.38. The molecule has 0 saturated heterocycles. The number of likely N-dealkylation sites (N-methyl/N-ethyl adjacent to an activating group) is 1. The SMILES string of the molecule is CCCCCCCCCCCCOc1cc(COCCOCCOCC[N+](C)(C)C)cc(OCCCCCCCCCCCC)c1OCCCCCCCCCCCC. The Morgan fingerprint density at radius 3 is 1.00 bits per heavy atom. The van der Waals surface area contributed by atoms with Gasteiger partial charge in [-0.3, -0.25) is 0 Å². The molecule has 0 spiro atoms. The minimum atomic E-state index is 0.477. The van der Waals surface area contributed by atoms with Gasteiger partial charge < -0.3 is 32.9 Å². The highest BCUT2D eigenvalue weighted by molar-refractivity contribution is 5.54. The molecule has 1 rings (SSSR count). The summed E-state index contributed by atoms with van der Waals surface area (Å²) in [5, 5.41) is 0. The van der Waals surface area contributed by atoms with Crippen LogP contribution in [0, 0.1) is 0 Å².